The predicted molar refractivity (Wildman–Crippen MR) is 209 cm³/mol. The summed E-state index contributed by atoms with van der Waals surface area (Å²) in [5.74, 6) is 2.17. The maximum Gasteiger partial charge on any atom is 0.251 e. The van der Waals surface area contributed by atoms with Crippen LogP contribution in [0.25, 0.3) is 11.1 Å². The molecule has 1 aliphatic heterocycles. The molecule has 3 aromatic rings. The summed E-state index contributed by atoms with van der Waals surface area (Å²) in [6.45, 7) is 8.79. The molecule has 0 unspecified atom stereocenters. The van der Waals surface area contributed by atoms with Crippen molar-refractivity contribution in [2.45, 2.75) is 77.2 Å². The van der Waals surface area contributed by atoms with Crippen LogP contribution in [0.4, 0.5) is 5.69 Å². The summed E-state index contributed by atoms with van der Waals surface area (Å²) in [6.07, 6.45) is 2.80. The number of fused-ring (bicyclic) bond motifs is 2. The molecular weight excluding hydrogens is 651 g/mol. The minimum atomic E-state index is -0.727. The van der Waals surface area contributed by atoms with Crippen LogP contribution in [0, 0.1) is 23.2 Å². The standard InChI is InChI=1S/C43H59N5O4/c1-27-36-23-32(43(36,2)3)24-37(27)45-42(51)39-38(49)17-18-48(39)25-29-15-12-16-35(40(29)52-8)30-20-31(22-34(21-30)47(6)7)41(50)44-33(26-46(4)5)19-28-13-10-9-11-14-28/h9-16,20-22,27,32-33,36-39,49H,17-19,23-26H2,1-8H3,(H,44,50)(H,45,51)/t27-,32+,33-,36-,37-,38-,39-/m0/s1. The molecule has 9 heteroatoms. The highest BCUT2D eigenvalue weighted by molar-refractivity contribution is 5.97. The highest BCUT2D eigenvalue weighted by Gasteiger charge is 2.56. The van der Waals surface area contributed by atoms with Crippen molar-refractivity contribution in [1.29, 1.82) is 0 Å². The summed E-state index contributed by atoms with van der Waals surface area (Å²) in [6, 6.07) is 21.7. The Morgan fingerprint density at radius 3 is 2.42 bits per heavy atom. The number of carbonyl (C=O) groups excluding carboxylic acids is 2. The summed E-state index contributed by atoms with van der Waals surface area (Å²) in [5, 5.41) is 17.8. The third-order valence-corrected chi connectivity index (χ3v) is 12.3. The number of aliphatic hydroxyl groups excluding tert-OH is 1. The Balaban J connectivity index is 1.23. The molecule has 3 aromatic carbocycles. The number of aliphatic hydroxyl groups is 1. The van der Waals surface area contributed by atoms with Crippen molar-refractivity contribution in [3.05, 3.63) is 83.4 Å². The third-order valence-electron chi connectivity index (χ3n) is 12.3. The zero-order valence-electron chi connectivity index (χ0n) is 32.4. The van der Waals surface area contributed by atoms with Gasteiger partial charge in [-0.2, -0.15) is 0 Å². The van der Waals surface area contributed by atoms with Gasteiger partial charge < -0.3 is 30.3 Å². The van der Waals surface area contributed by atoms with Crippen molar-refractivity contribution in [2.75, 3.05) is 53.3 Å². The van der Waals surface area contributed by atoms with Crippen molar-refractivity contribution in [2.24, 2.45) is 23.2 Å². The summed E-state index contributed by atoms with van der Waals surface area (Å²) >= 11 is 0. The SMILES string of the molecule is COc1c(CN2CC[C@H](O)[C@H]2C(=O)N[C@H]2C[C@H]3C[C@@H]([C@@H]2C)C3(C)C)cccc1-c1cc(C(=O)N[C@@H](Cc2ccccc2)CN(C)C)cc(N(C)C)c1. The van der Waals surface area contributed by atoms with Gasteiger partial charge in [0.1, 0.15) is 11.8 Å². The van der Waals surface area contributed by atoms with Crippen molar-refractivity contribution in [1.82, 2.24) is 20.4 Å². The number of likely N-dealkylation sites (N-methyl/N-ethyl adjacent to an activating group) is 1. The Kier molecular flexibility index (Phi) is 11.3. The van der Waals surface area contributed by atoms with Gasteiger partial charge in [0.05, 0.1) is 13.2 Å². The van der Waals surface area contributed by atoms with Gasteiger partial charge in [-0.3, -0.25) is 14.5 Å². The van der Waals surface area contributed by atoms with E-state index in [0.29, 0.717) is 60.5 Å². The van der Waals surface area contributed by atoms with Gasteiger partial charge in [0.25, 0.3) is 5.91 Å². The normalized spacial score (nSPS) is 25.7. The fraction of sp³-hybridized carbons (Fsp3) is 0.535. The van der Waals surface area contributed by atoms with E-state index in [1.54, 1.807) is 7.11 Å². The van der Waals surface area contributed by atoms with Crippen LogP contribution >= 0.6 is 0 Å². The van der Waals surface area contributed by atoms with Crippen LogP contribution in [0.1, 0.15) is 61.5 Å². The third kappa shape index (κ3) is 7.87. The summed E-state index contributed by atoms with van der Waals surface area (Å²) < 4.78 is 6.10. The van der Waals surface area contributed by atoms with Crippen molar-refractivity contribution in [3.8, 4) is 16.9 Å². The fourth-order valence-electron chi connectivity index (χ4n) is 9.29. The number of nitrogens with one attached hydrogen (secondary N) is 2. The first-order valence-corrected chi connectivity index (χ1v) is 19.0. The Morgan fingerprint density at radius 2 is 1.77 bits per heavy atom. The summed E-state index contributed by atoms with van der Waals surface area (Å²) in [4.78, 5) is 34.0. The van der Waals surface area contributed by atoms with Crippen molar-refractivity contribution < 1.29 is 19.4 Å². The average molecular weight is 710 g/mol. The van der Waals surface area contributed by atoms with E-state index in [1.807, 2.05) is 81.6 Å². The van der Waals surface area contributed by atoms with Gasteiger partial charge in [0.15, 0.2) is 0 Å². The second kappa shape index (κ2) is 15.6. The van der Waals surface area contributed by atoms with E-state index in [2.05, 4.69) is 59.4 Å². The highest BCUT2D eigenvalue weighted by atomic mass is 16.5. The molecule has 4 aliphatic rings. The molecule has 1 saturated heterocycles. The number of ether oxygens (including phenoxy) is 1. The average Bonchev–Trinajstić information content (AvgIpc) is 3.47. The van der Waals surface area contributed by atoms with Gasteiger partial charge in [-0.05, 0) is 92.3 Å². The number of carbonyl (C=O) groups is 2. The molecule has 3 N–H and O–H groups in total. The molecule has 4 fully saturated rings. The van der Waals surface area contributed by atoms with E-state index in [0.717, 1.165) is 35.2 Å². The van der Waals surface area contributed by atoms with E-state index in [-0.39, 0.29) is 23.9 Å². The van der Waals surface area contributed by atoms with E-state index >= 15 is 0 Å². The monoisotopic (exact) mass is 709 g/mol. The molecule has 2 bridgehead atoms. The van der Waals surface area contributed by atoms with Crippen LogP contribution in [-0.4, -0.2) is 99.3 Å². The first-order valence-electron chi connectivity index (χ1n) is 19.0. The number of hydrogen-bond acceptors (Lipinski definition) is 7. The predicted octanol–water partition coefficient (Wildman–Crippen LogP) is 5.45. The highest BCUT2D eigenvalue weighted by Crippen LogP contribution is 2.61. The number of amides is 2. The molecule has 0 radical (unpaired) electrons. The van der Waals surface area contributed by atoms with Gasteiger partial charge in [0, 0.05) is 68.2 Å². The molecular formula is C43H59N5O4. The Labute approximate surface area is 310 Å². The number of likely N-dealkylation sites (tertiary alicyclic amines) is 1. The van der Waals surface area contributed by atoms with Crippen LogP contribution in [-0.2, 0) is 17.8 Å². The zero-order valence-corrected chi connectivity index (χ0v) is 32.4. The molecule has 9 nitrogen and oxygen atoms in total. The van der Waals surface area contributed by atoms with Gasteiger partial charge in [-0.1, -0.05) is 69.3 Å². The lowest BCUT2D eigenvalue weighted by Gasteiger charge is -2.62. The molecule has 7 rings (SSSR count). The number of methoxy groups -OCH3 is 1. The first-order chi connectivity index (χ1) is 24.8. The van der Waals surface area contributed by atoms with Crippen LogP contribution in [0.2, 0.25) is 0 Å². The lowest BCUT2D eigenvalue weighted by atomic mass is 9.45. The summed E-state index contributed by atoms with van der Waals surface area (Å²) in [5.41, 5.74) is 5.65. The topological polar surface area (TPSA) is 97.4 Å². The number of benzene rings is 3. The number of rotatable bonds is 13. The smallest absolute Gasteiger partial charge is 0.251 e. The second-order valence-electron chi connectivity index (χ2n) is 16.6. The fourth-order valence-corrected chi connectivity index (χ4v) is 9.29. The van der Waals surface area contributed by atoms with Gasteiger partial charge in [0.2, 0.25) is 5.91 Å². The molecule has 3 saturated carbocycles. The quantitative estimate of drug-likeness (QED) is 0.217. The summed E-state index contributed by atoms with van der Waals surface area (Å²) in [7, 11) is 9.65. The van der Waals surface area contributed by atoms with Crippen LogP contribution in [0.3, 0.4) is 0 Å². The van der Waals surface area contributed by atoms with Crippen molar-refractivity contribution >= 4 is 17.5 Å². The lowest BCUT2D eigenvalue weighted by Crippen LogP contribution is -2.62. The van der Waals surface area contributed by atoms with E-state index in [1.165, 1.54) is 12.0 Å². The minimum absolute atomic E-state index is 0.0750. The molecule has 0 aromatic heterocycles. The zero-order chi connectivity index (χ0) is 37.3. The molecule has 2 amide bonds. The molecule has 7 atom stereocenters. The van der Waals surface area contributed by atoms with Crippen LogP contribution in [0.15, 0.2) is 66.7 Å². The van der Waals surface area contributed by atoms with Crippen molar-refractivity contribution in [3.63, 3.8) is 0 Å². The van der Waals surface area contributed by atoms with E-state index in [4.69, 9.17) is 4.74 Å². The first kappa shape index (κ1) is 37.8. The Morgan fingerprint density at radius 1 is 1.02 bits per heavy atom. The molecule has 3 aliphatic carbocycles. The van der Waals surface area contributed by atoms with Gasteiger partial charge in [-0.15, -0.1) is 0 Å². The maximum atomic E-state index is 13.9. The number of anilines is 1. The number of nitrogens with zero attached hydrogens (tertiary/aromatic N) is 3. The number of hydrogen-bond donors (Lipinski definition) is 3. The maximum absolute atomic E-state index is 13.9. The molecule has 1 heterocycles. The van der Waals surface area contributed by atoms with Crippen LogP contribution < -0.4 is 20.3 Å². The minimum Gasteiger partial charge on any atom is -0.496 e. The van der Waals surface area contributed by atoms with E-state index in [9.17, 15) is 14.7 Å². The number of para-hydroxylation sites is 1. The van der Waals surface area contributed by atoms with Gasteiger partial charge in [-0.25, -0.2) is 0 Å². The molecule has 280 valence electrons. The second-order valence-corrected chi connectivity index (χ2v) is 16.6. The Hall–Kier alpha value is -3.92. The lowest BCUT2D eigenvalue weighted by molar-refractivity contribution is -0.139. The van der Waals surface area contributed by atoms with Gasteiger partial charge >= 0.3 is 0 Å². The Bertz CT molecular complexity index is 1730. The largest absolute Gasteiger partial charge is 0.496 e. The molecule has 0 spiro atoms. The van der Waals surface area contributed by atoms with Crippen LogP contribution in [0.5, 0.6) is 5.75 Å². The molecule has 52 heavy (non-hydrogen) atoms. The van der Waals surface area contributed by atoms with E-state index < -0.39 is 12.1 Å².